The van der Waals surface area contributed by atoms with Gasteiger partial charge in [0.05, 0.1) is 12.7 Å². The van der Waals surface area contributed by atoms with Gasteiger partial charge in [0.15, 0.2) is 5.78 Å². The van der Waals surface area contributed by atoms with Crippen LogP contribution in [0.2, 0.25) is 0 Å². The molecule has 0 bridgehead atoms. The Hall–Kier alpha value is -1.35. The Morgan fingerprint density at radius 2 is 2.06 bits per heavy atom. The van der Waals surface area contributed by atoms with Crippen molar-refractivity contribution in [2.24, 2.45) is 5.92 Å². The minimum absolute atomic E-state index is 0.0837. The third-order valence-corrected chi connectivity index (χ3v) is 3.21. The largest absolute Gasteiger partial charge is 0.496 e. The van der Waals surface area contributed by atoms with Gasteiger partial charge in [-0.05, 0) is 37.5 Å². The van der Waals surface area contributed by atoms with Crippen LogP contribution >= 0.6 is 0 Å². The second kappa shape index (κ2) is 5.32. The van der Waals surface area contributed by atoms with Crippen LogP contribution in [0.5, 0.6) is 5.75 Å². The molecule has 1 aliphatic rings. The lowest BCUT2D eigenvalue weighted by Gasteiger charge is -2.21. The highest BCUT2D eigenvalue weighted by atomic mass is 16.5. The lowest BCUT2D eigenvalue weighted by molar-refractivity contribution is 0.0543. The van der Waals surface area contributed by atoms with Crippen molar-refractivity contribution in [2.45, 2.75) is 19.8 Å². The number of Topliss-reactive ketones (excluding diaryl/α,β-unsaturated/α-hetero) is 1. The van der Waals surface area contributed by atoms with Gasteiger partial charge >= 0.3 is 0 Å². The minimum atomic E-state index is 0.0837. The van der Waals surface area contributed by atoms with Gasteiger partial charge in [-0.3, -0.25) is 4.79 Å². The molecule has 0 N–H and O–H groups in total. The van der Waals surface area contributed by atoms with Crippen LogP contribution in [0, 0.1) is 12.8 Å². The van der Waals surface area contributed by atoms with Gasteiger partial charge in [0.2, 0.25) is 0 Å². The number of aryl methyl sites for hydroxylation is 1. The molecule has 0 aromatic heterocycles. The summed E-state index contributed by atoms with van der Waals surface area (Å²) in [7, 11) is 1.61. The molecule has 1 aliphatic heterocycles. The average Bonchev–Trinajstić information content (AvgIpc) is 2.39. The highest BCUT2D eigenvalue weighted by Crippen LogP contribution is 2.26. The van der Waals surface area contributed by atoms with Crippen LogP contribution < -0.4 is 4.74 Å². The lowest BCUT2D eigenvalue weighted by atomic mass is 9.90. The van der Waals surface area contributed by atoms with E-state index in [0.29, 0.717) is 24.5 Å². The Labute approximate surface area is 102 Å². The summed E-state index contributed by atoms with van der Waals surface area (Å²) in [5, 5.41) is 0. The van der Waals surface area contributed by atoms with Crippen LogP contribution in [0.4, 0.5) is 0 Å². The number of hydrogen-bond donors (Lipinski definition) is 0. The first kappa shape index (κ1) is 12.1. The van der Waals surface area contributed by atoms with Crippen LogP contribution in [0.3, 0.4) is 0 Å². The van der Waals surface area contributed by atoms with E-state index in [1.807, 2.05) is 25.1 Å². The topological polar surface area (TPSA) is 35.5 Å². The molecule has 1 aromatic carbocycles. The Bertz CT molecular complexity index is 406. The highest BCUT2D eigenvalue weighted by Gasteiger charge is 2.24. The number of hydrogen-bond acceptors (Lipinski definition) is 3. The molecule has 3 heteroatoms. The van der Waals surface area contributed by atoms with Crippen molar-refractivity contribution in [3.8, 4) is 5.75 Å². The summed E-state index contributed by atoms with van der Waals surface area (Å²) in [6.45, 7) is 3.36. The molecular weight excluding hydrogens is 216 g/mol. The van der Waals surface area contributed by atoms with Gasteiger partial charge < -0.3 is 9.47 Å². The van der Waals surface area contributed by atoms with Crippen LogP contribution in [0.25, 0.3) is 0 Å². The zero-order chi connectivity index (χ0) is 12.3. The SMILES string of the molecule is COc1cc(C)ccc1C(=O)C1CCOCC1. The molecule has 1 aromatic rings. The maximum Gasteiger partial charge on any atom is 0.169 e. The smallest absolute Gasteiger partial charge is 0.169 e. The van der Waals surface area contributed by atoms with E-state index in [1.165, 1.54) is 0 Å². The molecule has 2 rings (SSSR count). The summed E-state index contributed by atoms with van der Waals surface area (Å²) in [4.78, 5) is 12.4. The van der Waals surface area contributed by atoms with Crippen molar-refractivity contribution in [1.29, 1.82) is 0 Å². The highest BCUT2D eigenvalue weighted by molar-refractivity contribution is 6.00. The molecule has 0 atom stereocenters. The number of ketones is 1. The third kappa shape index (κ3) is 2.67. The molecule has 0 aliphatic carbocycles. The van der Waals surface area contributed by atoms with Gasteiger partial charge in [-0.15, -0.1) is 0 Å². The summed E-state index contributed by atoms with van der Waals surface area (Å²) < 4.78 is 10.6. The fraction of sp³-hybridized carbons (Fsp3) is 0.500. The molecule has 92 valence electrons. The normalized spacial score (nSPS) is 16.8. The van der Waals surface area contributed by atoms with E-state index < -0.39 is 0 Å². The first-order valence-corrected chi connectivity index (χ1v) is 5.99. The maximum atomic E-state index is 12.4. The maximum absolute atomic E-state index is 12.4. The Balaban J connectivity index is 2.23. The molecule has 0 amide bonds. The van der Waals surface area contributed by atoms with Gasteiger partial charge in [-0.1, -0.05) is 6.07 Å². The Morgan fingerprint density at radius 1 is 1.35 bits per heavy atom. The van der Waals surface area contributed by atoms with Crippen LogP contribution in [-0.4, -0.2) is 26.1 Å². The van der Waals surface area contributed by atoms with Gasteiger partial charge in [0, 0.05) is 19.1 Å². The minimum Gasteiger partial charge on any atom is -0.496 e. The zero-order valence-corrected chi connectivity index (χ0v) is 10.4. The lowest BCUT2D eigenvalue weighted by Crippen LogP contribution is -2.23. The van der Waals surface area contributed by atoms with Crippen LogP contribution in [0.1, 0.15) is 28.8 Å². The molecule has 0 saturated carbocycles. The summed E-state index contributed by atoms with van der Waals surface area (Å²) in [6.07, 6.45) is 1.63. The standard InChI is InChI=1S/C14H18O3/c1-10-3-4-12(13(9-10)16-2)14(15)11-5-7-17-8-6-11/h3-4,9,11H,5-8H2,1-2H3. The van der Waals surface area contributed by atoms with Crippen molar-refractivity contribution in [1.82, 2.24) is 0 Å². The zero-order valence-electron chi connectivity index (χ0n) is 10.4. The summed E-state index contributed by atoms with van der Waals surface area (Å²) in [5.41, 5.74) is 1.80. The molecule has 17 heavy (non-hydrogen) atoms. The van der Waals surface area contributed by atoms with Crippen molar-refractivity contribution in [2.75, 3.05) is 20.3 Å². The van der Waals surface area contributed by atoms with Crippen LogP contribution in [-0.2, 0) is 4.74 Å². The van der Waals surface area contributed by atoms with Crippen molar-refractivity contribution < 1.29 is 14.3 Å². The Morgan fingerprint density at radius 3 is 2.71 bits per heavy atom. The summed E-state index contributed by atoms with van der Waals surface area (Å²) in [6, 6.07) is 5.73. The first-order chi connectivity index (χ1) is 8.22. The third-order valence-electron chi connectivity index (χ3n) is 3.21. The van der Waals surface area contributed by atoms with Crippen molar-refractivity contribution >= 4 is 5.78 Å². The second-order valence-electron chi connectivity index (χ2n) is 4.45. The molecule has 1 heterocycles. The Kier molecular flexibility index (Phi) is 3.79. The number of ether oxygens (including phenoxy) is 2. The average molecular weight is 234 g/mol. The van der Waals surface area contributed by atoms with Gasteiger partial charge in [0.1, 0.15) is 5.75 Å². The molecule has 0 unspecified atom stereocenters. The van der Waals surface area contributed by atoms with E-state index in [0.717, 1.165) is 18.4 Å². The quantitative estimate of drug-likeness (QED) is 0.754. The molecule has 3 nitrogen and oxygen atoms in total. The summed E-state index contributed by atoms with van der Waals surface area (Å²) in [5.74, 6) is 0.951. The number of benzene rings is 1. The van der Waals surface area contributed by atoms with E-state index in [4.69, 9.17) is 9.47 Å². The molecule has 0 spiro atoms. The van der Waals surface area contributed by atoms with E-state index in [2.05, 4.69) is 0 Å². The monoisotopic (exact) mass is 234 g/mol. The number of carbonyl (C=O) groups excluding carboxylic acids is 1. The number of methoxy groups -OCH3 is 1. The molecule has 0 radical (unpaired) electrons. The fourth-order valence-electron chi connectivity index (χ4n) is 2.18. The molecule has 1 saturated heterocycles. The number of rotatable bonds is 3. The van der Waals surface area contributed by atoms with E-state index >= 15 is 0 Å². The fourth-order valence-corrected chi connectivity index (χ4v) is 2.18. The van der Waals surface area contributed by atoms with Crippen LogP contribution in [0.15, 0.2) is 18.2 Å². The van der Waals surface area contributed by atoms with Crippen molar-refractivity contribution in [3.05, 3.63) is 29.3 Å². The molecule has 1 fully saturated rings. The second-order valence-corrected chi connectivity index (χ2v) is 4.45. The predicted octanol–water partition coefficient (Wildman–Crippen LogP) is 2.61. The summed E-state index contributed by atoms with van der Waals surface area (Å²) >= 11 is 0. The van der Waals surface area contributed by atoms with Gasteiger partial charge in [-0.25, -0.2) is 0 Å². The van der Waals surface area contributed by atoms with Crippen molar-refractivity contribution in [3.63, 3.8) is 0 Å². The van der Waals surface area contributed by atoms with E-state index in [1.54, 1.807) is 7.11 Å². The molecular formula is C14H18O3. The van der Waals surface area contributed by atoms with Gasteiger partial charge in [0.25, 0.3) is 0 Å². The van der Waals surface area contributed by atoms with Gasteiger partial charge in [-0.2, -0.15) is 0 Å². The van der Waals surface area contributed by atoms with E-state index in [9.17, 15) is 4.79 Å². The van der Waals surface area contributed by atoms with E-state index in [-0.39, 0.29) is 11.7 Å². The first-order valence-electron chi connectivity index (χ1n) is 5.99. The predicted molar refractivity (Wildman–Crippen MR) is 65.6 cm³/mol. The number of carbonyl (C=O) groups is 1.